The van der Waals surface area contributed by atoms with E-state index in [0.717, 1.165) is 69.5 Å². The van der Waals surface area contributed by atoms with Crippen LogP contribution in [0.4, 0.5) is 20.4 Å². The van der Waals surface area contributed by atoms with E-state index in [1.807, 2.05) is 17.0 Å². The number of ether oxygens (including phenoxy) is 1. The maximum atomic E-state index is 14.0. The zero-order valence-electron chi connectivity index (χ0n) is 19.2. The Bertz CT molecular complexity index is 965. The fourth-order valence-electron chi connectivity index (χ4n) is 4.89. The standard InChI is InChI=1S/C24H30F2N6O2/c25-19-4-1-5-20(26)23(19)24(33)32-14-12-31(13-15-32)22-7-6-21(27-28-22)30-10-8-29(9-11-30)17-18-3-2-16-34-18/h1,4-7,18H,2-3,8-17H2. The van der Waals surface area contributed by atoms with Crippen LogP contribution >= 0.6 is 0 Å². The van der Waals surface area contributed by atoms with Crippen LogP contribution in [0.2, 0.25) is 0 Å². The molecule has 1 atom stereocenters. The maximum absolute atomic E-state index is 14.0. The van der Waals surface area contributed by atoms with E-state index in [0.29, 0.717) is 32.3 Å². The van der Waals surface area contributed by atoms with Gasteiger partial charge in [-0.05, 0) is 37.1 Å². The van der Waals surface area contributed by atoms with Gasteiger partial charge in [0.2, 0.25) is 0 Å². The van der Waals surface area contributed by atoms with Crippen LogP contribution in [-0.2, 0) is 4.74 Å². The summed E-state index contributed by atoms with van der Waals surface area (Å²) in [6, 6.07) is 7.41. The molecule has 3 fully saturated rings. The molecule has 0 saturated carbocycles. The van der Waals surface area contributed by atoms with Crippen molar-refractivity contribution in [1.29, 1.82) is 0 Å². The Morgan fingerprint density at radius 3 is 2.00 bits per heavy atom. The normalized spacial score (nSPS) is 21.8. The minimum atomic E-state index is -0.832. The van der Waals surface area contributed by atoms with Crippen molar-refractivity contribution >= 4 is 17.5 Å². The van der Waals surface area contributed by atoms with Crippen molar-refractivity contribution in [2.45, 2.75) is 18.9 Å². The van der Waals surface area contributed by atoms with E-state index >= 15 is 0 Å². The molecule has 0 bridgehead atoms. The van der Waals surface area contributed by atoms with Crippen LogP contribution in [0.3, 0.4) is 0 Å². The highest BCUT2D eigenvalue weighted by Crippen LogP contribution is 2.21. The van der Waals surface area contributed by atoms with Crippen LogP contribution in [0.25, 0.3) is 0 Å². The minimum Gasteiger partial charge on any atom is -0.377 e. The smallest absolute Gasteiger partial charge is 0.259 e. The van der Waals surface area contributed by atoms with Gasteiger partial charge in [0.25, 0.3) is 5.91 Å². The number of anilines is 2. The molecule has 3 aliphatic heterocycles. The predicted molar refractivity (Wildman–Crippen MR) is 124 cm³/mol. The lowest BCUT2D eigenvalue weighted by Gasteiger charge is -2.37. The van der Waals surface area contributed by atoms with Crippen molar-refractivity contribution in [2.75, 3.05) is 75.3 Å². The molecule has 1 aromatic heterocycles. The quantitative estimate of drug-likeness (QED) is 0.660. The number of piperazine rings is 2. The number of carbonyl (C=O) groups excluding carboxylic acids is 1. The van der Waals surface area contributed by atoms with Gasteiger partial charge in [-0.25, -0.2) is 8.78 Å². The molecule has 34 heavy (non-hydrogen) atoms. The van der Waals surface area contributed by atoms with Crippen molar-refractivity contribution in [3.63, 3.8) is 0 Å². The van der Waals surface area contributed by atoms with Crippen molar-refractivity contribution in [2.24, 2.45) is 0 Å². The molecule has 3 saturated heterocycles. The molecule has 0 aliphatic carbocycles. The number of halogens is 2. The maximum Gasteiger partial charge on any atom is 0.259 e. The van der Waals surface area contributed by atoms with Gasteiger partial charge in [-0.15, -0.1) is 10.2 Å². The summed E-state index contributed by atoms with van der Waals surface area (Å²) >= 11 is 0. The van der Waals surface area contributed by atoms with E-state index < -0.39 is 23.1 Å². The van der Waals surface area contributed by atoms with Gasteiger partial charge < -0.3 is 19.4 Å². The third-order valence-corrected chi connectivity index (χ3v) is 6.89. The van der Waals surface area contributed by atoms with E-state index in [2.05, 4.69) is 20.0 Å². The highest BCUT2D eigenvalue weighted by atomic mass is 19.1. The Balaban J connectivity index is 1.12. The molecule has 4 heterocycles. The third kappa shape index (κ3) is 4.97. The average Bonchev–Trinajstić information content (AvgIpc) is 3.38. The van der Waals surface area contributed by atoms with Gasteiger partial charge in [0.1, 0.15) is 17.2 Å². The van der Waals surface area contributed by atoms with Crippen LogP contribution in [0.5, 0.6) is 0 Å². The monoisotopic (exact) mass is 472 g/mol. The summed E-state index contributed by atoms with van der Waals surface area (Å²) in [7, 11) is 0. The first kappa shape index (κ1) is 22.9. The van der Waals surface area contributed by atoms with Gasteiger partial charge in [-0.1, -0.05) is 6.07 Å². The molecular formula is C24H30F2N6O2. The predicted octanol–water partition coefficient (Wildman–Crippen LogP) is 2.02. The Labute approximate surface area is 198 Å². The molecule has 1 unspecified atom stereocenters. The fourth-order valence-corrected chi connectivity index (χ4v) is 4.89. The van der Waals surface area contributed by atoms with Crippen LogP contribution in [0.15, 0.2) is 30.3 Å². The minimum absolute atomic E-state index is 0.364. The van der Waals surface area contributed by atoms with Crippen LogP contribution in [-0.4, -0.2) is 97.5 Å². The van der Waals surface area contributed by atoms with Gasteiger partial charge in [0.05, 0.1) is 6.10 Å². The molecule has 10 heteroatoms. The molecule has 182 valence electrons. The molecule has 0 radical (unpaired) electrons. The number of nitrogens with zero attached hydrogens (tertiary/aromatic N) is 6. The van der Waals surface area contributed by atoms with Crippen molar-refractivity contribution in [1.82, 2.24) is 20.0 Å². The number of hydrogen-bond acceptors (Lipinski definition) is 7. The summed E-state index contributed by atoms with van der Waals surface area (Å²) in [6.07, 6.45) is 2.71. The molecular weight excluding hydrogens is 442 g/mol. The van der Waals surface area contributed by atoms with Crippen LogP contribution in [0, 0.1) is 11.6 Å². The second-order valence-corrected chi connectivity index (χ2v) is 9.05. The number of carbonyl (C=O) groups is 1. The molecule has 1 aromatic carbocycles. The molecule has 8 nitrogen and oxygen atoms in total. The number of benzene rings is 1. The Kier molecular flexibility index (Phi) is 6.87. The molecule has 5 rings (SSSR count). The molecule has 3 aliphatic rings. The van der Waals surface area contributed by atoms with E-state index in [1.54, 1.807) is 0 Å². The Hall–Kier alpha value is -2.85. The second kappa shape index (κ2) is 10.2. The summed E-state index contributed by atoms with van der Waals surface area (Å²) in [6.45, 7) is 7.48. The lowest BCUT2D eigenvalue weighted by Crippen LogP contribution is -2.49. The van der Waals surface area contributed by atoms with Gasteiger partial charge in [0, 0.05) is 65.5 Å². The zero-order valence-corrected chi connectivity index (χ0v) is 19.2. The summed E-state index contributed by atoms with van der Waals surface area (Å²) in [5, 5.41) is 8.86. The molecule has 1 amide bonds. The second-order valence-electron chi connectivity index (χ2n) is 9.05. The van der Waals surface area contributed by atoms with E-state index in [1.165, 1.54) is 17.4 Å². The average molecular weight is 473 g/mol. The lowest BCUT2D eigenvalue weighted by molar-refractivity contribution is 0.0712. The topological polar surface area (TPSA) is 65.0 Å². The van der Waals surface area contributed by atoms with Crippen LogP contribution in [0.1, 0.15) is 23.2 Å². The first-order valence-corrected chi connectivity index (χ1v) is 12.0. The molecule has 0 spiro atoms. The highest BCUT2D eigenvalue weighted by molar-refractivity contribution is 5.95. The number of hydrogen-bond donors (Lipinski definition) is 0. The fraction of sp³-hybridized carbons (Fsp3) is 0.542. The molecule has 2 aromatic rings. The first-order valence-electron chi connectivity index (χ1n) is 12.0. The largest absolute Gasteiger partial charge is 0.377 e. The van der Waals surface area contributed by atoms with E-state index in [4.69, 9.17) is 4.74 Å². The summed E-state index contributed by atoms with van der Waals surface area (Å²) in [4.78, 5) is 20.8. The molecule has 0 N–H and O–H groups in total. The summed E-state index contributed by atoms with van der Waals surface area (Å²) in [5.41, 5.74) is -0.490. The van der Waals surface area contributed by atoms with Gasteiger partial charge in [-0.3, -0.25) is 9.69 Å². The number of aromatic nitrogens is 2. The van der Waals surface area contributed by atoms with Crippen molar-refractivity contribution < 1.29 is 18.3 Å². The van der Waals surface area contributed by atoms with Crippen LogP contribution < -0.4 is 9.80 Å². The Morgan fingerprint density at radius 2 is 1.47 bits per heavy atom. The van der Waals surface area contributed by atoms with Gasteiger partial charge in [0.15, 0.2) is 11.6 Å². The van der Waals surface area contributed by atoms with E-state index in [-0.39, 0.29) is 0 Å². The first-order chi connectivity index (χ1) is 16.6. The number of amides is 1. The third-order valence-electron chi connectivity index (χ3n) is 6.89. The summed E-state index contributed by atoms with van der Waals surface area (Å²) in [5.74, 6) is -0.673. The Morgan fingerprint density at radius 1 is 0.882 bits per heavy atom. The zero-order chi connectivity index (χ0) is 23.5. The lowest BCUT2D eigenvalue weighted by atomic mass is 10.1. The van der Waals surface area contributed by atoms with E-state index in [9.17, 15) is 13.6 Å². The number of rotatable bonds is 5. The summed E-state index contributed by atoms with van der Waals surface area (Å²) < 4.78 is 33.7. The van der Waals surface area contributed by atoms with Crippen molar-refractivity contribution in [3.8, 4) is 0 Å². The SMILES string of the molecule is O=C(c1c(F)cccc1F)N1CCN(c2ccc(N3CCN(CC4CCCO4)CC3)nn2)CC1. The van der Waals surface area contributed by atoms with Crippen molar-refractivity contribution in [3.05, 3.63) is 47.5 Å². The van der Waals surface area contributed by atoms with Gasteiger partial charge in [-0.2, -0.15) is 0 Å². The van der Waals surface area contributed by atoms with Gasteiger partial charge >= 0.3 is 0 Å². The highest BCUT2D eigenvalue weighted by Gasteiger charge is 2.28.